The van der Waals surface area contributed by atoms with Crippen molar-refractivity contribution in [2.75, 3.05) is 19.7 Å². The molecular weight excluding hydrogens is 240 g/mol. The highest BCUT2D eigenvalue weighted by Gasteiger charge is 2.33. The lowest BCUT2D eigenvalue weighted by Gasteiger charge is -2.38. The van der Waals surface area contributed by atoms with Gasteiger partial charge in [0, 0.05) is 25.2 Å². The molecule has 1 aliphatic carbocycles. The van der Waals surface area contributed by atoms with Gasteiger partial charge in [0.1, 0.15) is 6.04 Å². The Kier molecular flexibility index (Phi) is 5.22. The van der Waals surface area contributed by atoms with E-state index in [1.54, 1.807) is 0 Å². The fraction of sp³-hybridized carbons (Fsp3) is 0.933. The van der Waals surface area contributed by atoms with Crippen LogP contribution in [-0.4, -0.2) is 48.7 Å². The highest BCUT2D eigenvalue weighted by Crippen LogP contribution is 2.23. The Morgan fingerprint density at radius 2 is 2.05 bits per heavy atom. The molecule has 0 aromatic rings. The molecule has 1 saturated carbocycles. The van der Waals surface area contributed by atoms with Gasteiger partial charge in [-0.15, -0.1) is 0 Å². The lowest BCUT2D eigenvalue weighted by atomic mass is 9.94. The Bertz CT molecular complexity index is 305. The highest BCUT2D eigenvalue weighted by atomic mass is 16.5. The van der Waals surface area contributed by atoms with Gasteiger partial charge in [0.2, 0.25) is 0 Å². The zero-order valence-corrected chi connectivity index (χ0v) is 12.5. The van der Waals surface area contributed by atoms with Gasteiger partial charge >= 0.3 is 5.97 Å². The molecule has 4 heteroatoms. The van der Waals surface area contributed by atoms with Gasteiger partial charge in [-0.3, -0.25) is 9.69 Å². The fourth-order valence-corrected chi connectivity index (χ4v) is 2.84. The monoisotopic (exact) mass is 268 g/mol. The summed E-state index contributed by atoms with van der Waals surface area (Å²) in [5, 5.41) is 3.44. The zero-order chi connectivity index (χ0) is 13.8. The third kappa shape index (κ3) is 4.46. The summed E-state index contributed by atoms with van der Waals surface area (Å²) >= 11 is 0. The van der Waals surface area contributed by atoms with Crippen molar-refractivity contribution >= 4 is 5.97 Å². The predicted octanol–water partition coefficient (Wildman–Crippen LogP) is 1.79. The quantitative estimate of drug-likeness (QED) is 0.746. The van der Waals surface area contributed by atoms with Gasteiger partial charge in [0.25, 0.3) is 0 Å². The van der Waals surface area contributed by atoms with E-state index < -0.39 is 0 Å². The largest absolute Gasteiger partial charge is 0.465 e. The van der Waals surface area contributed by atoms with Crippen molar-refractivity contribution in [2.45, 2.75) is 64.6 Å². The SMILES string of the molecule is CCOC(=O)C(CN1CC(C)CCC1C)NC1CC1. The number of nitrogens with one attached hydrogen (secondary N) is 1. The van der Waals surface area contributed by atoms with E-state index >= 15 is 0 Å². The molecule has 19 heavy (non-hydrogen) atoms. The van der Waals surface area contributed by atoms with Gasteiger partial charge in [0.15, 0.2) is 0 Å². The van der Waals surface area contributed by atoms with Crippen LogP contribution in [0, 0.1) is 5.92 Å². The Morgan fingerprint density at radius 1 is 1.32 bits per heavy atom. The van der Waals surface area contributed by atoms with Crippen LogP contribution in [0.4, 0.5) is 0 Å². The summed E-state index contributed by atoms with van der Waals surface area (Å²) in [5.41, 5.74) is 0. The van der Waals surface area contributed by atoms with Crippen molar-refractivity contribution in [1.82, 2.24) is 10.2 Å². The van der Waals surface area contributed by atoms with Crippen molar-refractivity contribution < 1.29 is 9.53 Å². The minimum atomic E-state index is -0.153. The van der Waals surface area contributed by atoms with Crippen molar-refractivity contribution in [3.8, 4) is 0 Å². The van der Waals surface area contributed by atoms with Gasteiger partial charge in [-0.25, -0.2) is 0 Å². The van der Waals surface area contributed by atoms with Gasteiger partial charge in [0.05, 0.1) is 6.61 Å². The number of carbonyl (C=O) groups is 1. The highest BCUT2D eigenvalue weighted by molar-refractivity contribution is 5.76. The lowest BCUT2D eigenvalue weighted by Crippen LogP contribution is -2.52. The first-order valence-electron chi connectivity index (χ1n) is 7.76. The molecule has 3 unspecified atom stereocenters. The second-order valence-electron chi connectivity index (χ2n) is 6.23. The molecular formula is C15H28N2O2. The van der Waals surface area contributed by atoms with E-state index in [0.29, 0.717) is 18.7 Å². The molecule has 0 bridgehead atoms. The second-order valence-corrected chi connectivity index (χ2v) is 6.23. The van der Waals surface area contributed by atoms with E-state index in [0.717, 1.165) is 19.0 Å². The third-order valence-electron chi connectivity index (χ3n) is 4.25. The van der Waals surface area contributed by atoms with E-state index in [1.165, 1.54) is 25.7 Å². The summed E-state index contributed by atoms with van der Waals surface area (Å²) in [7, 11) is 0. The van der Waals surface area contributed by atoms with Crippen LogP contribution in [0.15, 0.2) is 0 Å². The molecule has 0 amide bonds. The second kappa shape index (κ2) is 6.71. The van der Waals surface area contributed by atoms with Crippen LogP contribution >= 0.6 is 0 Å². The van der Waals surface area contributed by atoms with Gasteiger partial charge < -0.3 is 10.1 Å². The smallest absolute Gasteiger partial charge is 0.324 e. The molecule has 0 aromatic heterocycles. The molecule has 0 aromatic carbocycles. The molecule has 4 nitrogen and oxygen atoms in total. The van der Waals surface area contributed by atoms with Crippen LogP contribution in [0.25, 0.3) is 0 Å². The molecule has 2 rings (SSSR count). The number of hydrogen-bond acceptors (Lipinski definition) is 4. The molecule has 0 spiro atoms. The van der Waals surface area contributed by atoms with E-state index in [2.05, 4.69) is 24.1 Å². The average molecular weight is 268 g/mol. The van der Waals surface area contributed by atoms with Gasteiger partial charge in [-0.1, -0.05) is 6.92 Å². The average Bonchev–Trinajstić information content (AvgIpc) is 3.17. The van der Waals surface area contributed by atoms with Crippen molar-refractivity contribution in [3.05, 3.63) is 0 Å². The minimum absolute atomic E-state index is 0.0835. The Hall–Kier alpha value is -0.610. The molecule has 1 N–H and O–H groups in total. The molecule has 1 heterocycles. The zero-order valence-electron chi connectivity index (χ0n) is 12.5. The summed E-state index contributed by atoms with van der Waals surface area (Å²) in [5.74, 6) is 0.653. The molecule has 110 valence electrons. The Labute approximate surface area is 116 Å². The summed E-state index contributed by atoms with van der Waals surface area (Å²) in [4.78, 5) is 14.5. The van der Waals surface area contributed by atoms with Crippen LogP contribution < -0.4 is 5.32 Å². The van der Waals surface area contributed by atoms with Crippen LogP contribution in [0.1, 0.15) is 46.5 Å². The summed E-state index contributed by atoms with van der Waals surface area (Å²) < 4.78 is 5.21. The Balaban J connectivity index is 1.91. The summed E-state index contributed by atoms with van der Waals surface area (Å²) in [6.07, 6.45) is 4.93. The van der Waals surface area contributed by atoms with Crippen LogP contribution in [-0.2, 0) is 9.53 Å². The number of carbonyl (C=O) groups excluding carboxylic acids is 1. The van der Waals surface area contributed by atoms with E-state index in [1.807, 2.05) is 6.92 Å². The summed E-state index contributed by atoms with van der Waals surface area (Å²) in [6, 6.07) is 0.959. The molecule has 1 aliphatic heterocycles. The van der Waals surface area contributed by atoms with Crippen molar-refractivity contribution in [1.29, 1.82) is 0 Å². The maximum absolute atomic E-state index is 12.1. The van der Waals surface area contributed by atoms with Crippen LogP contribution in [0.3, 0.4) is 0 Å². The number of esters is 1. The van der Waals surface area contributed by atoms with Gasteiger partial charge in [-0.2, -0.15) is 0 Å². The first-order chi connectivity index (χ1) is 9.10. The maximum atomic E-state index is 12.1. The topological polar surface area (TPSA) is 41.6 Å². The third-order valence-corrected chi connectivity index (χ3v) is 4.25. The number of piperidine rings is 1. The molecule has 2 aliphatic rings. The number of rotatable bonds is 6. The first kappa shape index (κ1) is 14.8. The normalized spacial score (nSPS) is 30.1. The first-order valence-corrected chi connectivity index (χ1v) is 7.76. The number of ether oxygens (including phenoxy) is 1. The molecule has 3 atom stereocenters. The number of likely N-dealkylation sites (tertiary alicyclic amines) is 1. The summed E-state index contributed by atoms with van der Waals surface area (Å²) in [6.45, 7) is 8.80. The maximum Gasteiger partial charge on any atom is 0.324 e. The molecule has 0 radical (unpaired) electrons. The van der Waals surface area contributed by atoms with E-state index in [9.17, 15) is 4.79 Å². The molecule has 2 fully saturated rings. The minimum Gasteiger partial charge on any atom is -0.465 e. The van der Waals surface area contributed by atoms with Crippen molar-refractivity contribution in [3.63, 3.8) is 0 Å². The lowest BCUT2D eigenvalue weighted by molar-refractivity contribution is -0.146. The fourth-order valence-electron chi connectivity index (χ4n) is 2.84. The number of nitrogens with zero attached hydrogens (tertiary/aromatic N) is 1. The standard InChI is InChI=1S/C15H28N2O2/c1-4-19-15(18)14(16-13-7-8-13)10-17-9-11(2)5-6-12(17)3/h11-14,16H,4-10H2,1-3H3. The van der Waals surface area contributed by atoms with Crippen LogP contribution in [0.2, 0.25) is 0 Å². The van der Waals surface area contributed by atoms with Crippen molar-refractivity contribution in [2.24, 2.45) is 5.92 Å². The van der Waals surface area contributed by atoms with E-state index in [-0.39, 0.29) is 12.0 Å². The van der Waals surface area contributed by atoms with Crippen LogP contribution in [0.5, 0.6) is 0 Å². The molecule has 1 saturated heterocycles. The van der Waals surface area contributed by atoms with Gasteiger partial charge in [-0.05, 0) is 45.4 Å². The van der Waals surface area contributed by atoms with E-state index in [4.69, 9.17) is 4.74 Å². The number of hydrogen-bond donors (Lipinski definition) is 1. The predicted molar refractivity (Wildman–Crippen MR) is 76.0 cm³/mol. The Morgan fingerprint density at radius 3 is 2.68 bits per heavy atom.